The number of carbonyl (C=O) groups excluding carboxylic acids is 1. The van der Waals surface area contributed by atoms with Gasteiger partial charge in [-0.3, -0.25) is 14.9 Å². The van der Waals surface area contributed by atoms with Crippen molar-refractivity contribution in [3.63, 3.8) is 0 Å². The van der Waals surface area contributed by atoms with Gasteiger partial charge in [0, 0.05) is 40.7 Å². The molecule has 1 heterocycles. The van der Waals surface area contributed by atoms with Gasteiger partial charge in [0.15, 0.2) is 6.61 Å². The molecule has 0 aliphatic heterocycles. The molecule has 0 unspecified atom stereocenters. The first kappa shape index (κ1) is 16.9. The summed E-state index contributed by atoms with van der Waals surface area (Å²) in [7, 11) is 0. The van der Waals surface area contributed by atoms with Crippen molar-refractivity contribution in [1.29, 1.82) is 0 Å². The zero-order valence-corrected chi connectivity index (χ0v) is 14.1. The van der Waals surface area contributed by atoms with E-state index in [-0.39, 0.29) is 18.1 Å². The van der Waals surface area contributed by atoms with Crippen LogP contribution < -0.4 is 0 Å². The molecule has 1 fully saturated rings. The van der Waals surface area contributed by atoms with Gasteiger partial charge in [-0.2, -0.15) is 0 Å². The number of hydrogen-bond donors (Lipinski definition) is 0. The van der Waals surface area contributed by atoms with E-state index < -0.39 is 4.92 Å². The van der Waals surface area contributed by atoms with Crippen LogP contribution in [0.15, 0.2) is 35.5 Å². The van der Waals surface area contributed by atoms with Crippen LogP contribution in [0.1, 0.15) is 46.2 Å². The molecule has 0 saturated heterocycles. The molecule has 1 saturated carbocycles. The lowest BCUT2D eigenvalue weighted by Gasteiger charge is -2.07. The van der Waals surface area contributed by atoms with E-state index in [0.29, 0.717) is 17.2 Å². The summed E-state index contributed by atoms with van der Waals surface area (Å²) in [6.07, 6.45) is 3.68. The highest BCUT2D eigenvalue weighted by Gasteiger charge is 2.28. The lowest BCUT2D eigenvalue weighted by molar-refractivity contribution is -0.384. The summed E-state index contributed by atoms with van der Waals surface area (Å²) in [4.78, 5) is 27.7. The molecule has 0 atom stereocenters. The monoisotopic (exact) mass is 341 g/mol. The molecule has 25 heavy (non-hydrogen) atoms. The van der Waals surface area contributed by atoms with Crippen LogP contribution in [0.2, 0.25) is 0 Å². The van der Waals surface area contributed by atoms with Gasteiger partial charge in [-0.05, 0) is 32.8 Å². The molecule has 3 rings (SSSR count). The summed E-state index contributed by atoms with van der Waals surface area (Å²) in [5.74, 6) is -0.129. The van der Waals surface area contributed by atoms with Crippen molar-refractivity contribution < 1.29 is 14.6 Å². The van der Waals surface area contributed by atoms with E-state index in [1.54, 1.807) is 12.1 Å². The third-order valence-electron chi connectivity index (χ3n) is 4.25. The van der Waals surface area contributed by atoms with Gasteiger partial charge in [0.1, 0.15) is 0 Å². The number of nitro groups is 1. The maximum absolute atomic E-state index is 12.3. The Kier molecular flexibility index (Phi) is 4.65. The molecule has 1 aliphatic carbocycles. The van der Waals surface area contributed by atoms with E-state index in [2.05, 4.69) is 9.72 Å². The van der Waals surface area contributed by atoms with E-state index >= 15 is 0 Å². The first-order chi connectivity index (χ1) is 12.0. The number of Topliss-reactive ketones (excluding diaryl/α,β-unsaturated/α-hetero) is 1. The molecule has 7 heteroatoms. The summed E-state index contributed by atoms with van der Waals surface area (Å²) in [5, 5.41) is 14.5. The number of nitrogens with zero attached hydrogens (tertiary/aromatic N) is 3. The van der Waals surface area contributed by atoms with Gasteiger partial charge in [0.25, 0.3) is 5.69 Å². The minimum Gasteiger partial charge on any atom is -0.387 e. The Morgan fingerprint density at radius 2 is 2.16 bits per heavy atom. The Bertz CT molecular complexity index is 850. The largest absolute Gasteiger partial charge is 0.387 e. The predicted molar refractivity (Wildman–Crippen MR) is 93.1 cm³/mol. The summed E-state index contributed by atoms with van der Waals surface area (Å²) in [6.45, 7) is 3.79. The lowest BCUT2D eigenvalue weighted by atomic mass is 10.1. The lowest BCUT2D eigenvalue weighted by Crippen LogP contribution is -2.09. The Morgan fingerprint density at radius 1 is 1.40 bits per heavy atom. The maximum Gasteiger partial charge on any atom is 0.270 e. The van der Waals surface area contributed by atoms with E-state index in [9.17, 15) is 14.9 Å². The predicted octanol–water partition coefficient (Wildman–Crippen LogP) is 3.58. The molecule has 0 spiro atoms. The van der Waals surface area contributed by atoms with Gasteiger partial charge < -0.3 is 9.40 Å². The van der Waals surface area contributed by atoms with Gasteiger partial charge in [-0.15, -0.1) is 0 Å². The second-order valence-electron chi connectivity index (χ2n) is 6.17. The van der Waals surface area contributed by atoms with Crippen LogP contribution in [0.25, 0.3) is 0 Å². The Balaban J connectivity index is 1.60. The van der Waals surface area contributed by atoms with Gasteiger partial charge in [0.2, 0.25) is 5.78 Å². The maximum atomic E-state index is 12.3. The Morgan fingerprint density at radius 3 is 2.84 bits per heavy atom. The SMILES string of the molecule is Cc1cc(C(=O)CO/N=C/c2cccc([N+](=O)[O-])c2)c(C)n1C1CC1. The van der Waals surface area contributed by atoms with Crippen LogP contribution in [-0.2, 0) is 4.84 Å². The molecule has 2 aromatic rings. The summed E-state index contributed by atoms with van der Waals surface area (Å²) >= 11 is 0. The normalized spacial score (nSPS) is 14.0. The topological polar surface area (TPSA) is 86.7 Å². The van der Waals surface area contributed by atoms with Crippen LogP contribution >= 0.6 is 0 Å². The fraction of sp³-hybridized carbons (Fsp3) is 0.333. The van der Waals surface area contributed by atoms with Gasteiger partial charge in [0.05, 0.1) is 11.1 Å². The van der Waals surface area contributed by atoms with Crippen molar-refractivity contribution in [2.24, 2.45) is 5.16 Å². The van der Waals surface area contributed by atoms with Crippen molar-refractivity contribution in [3.05, 3.63) is 63.0 Å². The highest BCUT2D eigenvalue weighted by Crippen LogP contribution is 2.38. The average Bonchev–Trinajstić information content (AvgIpc) is 3.37. The highest BCUT2D eigenvalue weighted by atomic mass is 16.6. The number of benzene rings is 1. The number of carbonyl (C=O) groups is 1. The van der Waals surface area contributed by atoms with E-state index in [1.165, 1.54) is 18.3 Å². The van der Waals surface area contributed by atoms with E-state index in [1.807, 2.05) is 19.9 Å². The number of nitro benzene ring substituents is 1. The van der Waals surface area contributed by atoms with Crippen molar-refractivity contribution in [2.45, 2.75) is 32.7 Å². The van der Waals surface area contributed by atoms with Crippen LogP contribution in [0, 0.1) is 24.0 Å². The van der Waals surface area contributed by atoms with Crippen LogP contribution in [0.5, 0.6) is 0 Å². The number of rotatable bonds is 7. The third-order valence-corrected chi connectivity index (χ3v) is 4.25. The molecular weight excluding hydrogens is 322 g/mol. The first-order valence-corrected chi connectivity index (χ1v) is 8.09. The van der Waals surface area contributed by atoms with E-state index in [0.717, 1.165) is 24.2 Å². The standard InChI is InChI=1S/C18H19N3O4/c1-12-8-17(13(2)20(12)15-6-7-15)18(22)11-25-19-10-14-4-3-5-16(9-14)21(23)24/h3-5,8-10,15H,6-7,11H2,1-2H3/b19-10+. The number of oxime groups is 1. The number of non-ortho nitro benzene ring substituents is 1. The molecule has 0 N–H and O–H groups in total. The van der Waals surface area contributed by atoms with Crippen molar-refractivity contribution in [3.8, 4) is 0 Å². The van der Waals surface area contributed by atoms with Crippen molar-refractivity contribution in [1.82, 2.24) is 4.57 Å². The quantitative estimate of drug-likeness (QED) is 0.333. The molecule has 0 bridgehead atoms. The summed E-state index contributed by atoms with van der Waals surface area (Å²) < 4.78 is 2.21. The minimum atomic E-state index is -0.475. The van der Waals surface area contributed by atoms with Crippen LogP contribution in [0.4, 0.5) is 5.69 Å². The zero-order valence-electron chi connectivity index (χ0n) is 14.1. The highest BCUT2D eigenvalue weighted by molar-refractivity contribution is 5.98. The van der Waals surface area contributed by atoms with Gasteiger partial charge in [-0.25, -0.2) is 0 Å². The zero-order chi connectivity index (χ0) is 18.0. The number of hydrogen-bond acceptors (Lipinski definition) is 5. The van der Waals surface area contributed by atoms with Gasteiger partial charge in [-0.1, -0.05) is 17.3 Å². The molecule has 0 amide bonds. The third kappa shape index (κ3) is 3.76. The van der Waals surface area contributed by atoms with Gasteiger partial charge >= 0.3 is 0 Å². The second-order valence-corrected chi connectivity index (χ2v) is 6.17. The fourth-order valence-electron chi connectivity index (χ4n) is 2.94. The molecule has 0 radical (unpaired) electrons. The fourth-order valence-corrected chi connectivity index (χ4v) is 2.94. The number of aromatic nitrogens is 1. The molecule has 1 aliphatic rings. The second kappa shape index (κ2) is 6.88. The van der Waals surface area contributed by atoms with Crippen LogP contribution in [-0.4, -0.2) is 28.1 Å². The van der Waals surface area contributed by atoms with Crippen LogP contribution in [0.3, 0.4) is 0 Å². The number of ketones is 1. The minimum absolute atomic E-state index is 0.0208. The molecule has 1 aromatic heterocycles. The molecular formula is C18H19N3O4. The average molecular weight is 341 g/mol. The van der Waals surface area contributed by atoms with Crippen molar-refractivity contribution >= 4 is 17.7 Å². The Labute approximate surface area is 145 Å². The van der Waals surface area contributed by atoms with E-state index in [4.69, 9.17) is 4.84 Å². The molecule has 7 nitrogen and oxygen atoms in total. The number of aryl methyl sites for hydroxylation is 1. The summed E-state index contributed by atoms with van der Waals surface area (Å²) in [6, 6.07) is 8.44. The Hall–Kier alpha value is -2.96. The smallest absolute Gasteiger partial charge is 0.270 e. The first-order valence-electron chi connectivity index (χ1n) is 8.09. The van der Waals surface area contributed by atoms with Crippen molar-refractivity contribution in [2.75, 3.05) is 6.61 Å². The molecule has 130 valence electrons. The molecule has 1 aromatic carbocycles. The summed E-state index contributed by atoms with van der Waals surface area (Å²) in [5.41, 5.74) is 3.23.